The van der Waals surface area contributed by atoms with E-state index in [9.17, 15) is 14.3 Å². The molecule has 1 aromatic carbocycles. The second-order valence-corrected chi connectivity index (χ2v) is 5.35. The predicted octanol–water partition coefficient (Wildman–Crippen LogP) is 2.70. The van der Waals surface area contributed by atoms with Crippen LogP contribution in [0.4, 0.5) is 4.39 Å². The van der Waals surface area contributed by atoms with Crippen molar-refractivity contribution >= 4 is 5.97 Å². The maximum atomic E-state index is 13.9. The molecule has 0 spiro atoms. The zero-order valence-electron chi connectivity index (χ0n) is 13.5. The maximum Gasteiger partial charge on any atom is 0.325 e. The summed E-state index contributed by atoms with van der Waals surface area (Å²) in [5, 5.41) is 13.4. The van der Waals surface area contributed by atoms with E-state index in [1.807, 2.05) is 0 Å². The average molecular weight is 322 g/mol. The average Bonchev–Trinajstić information content (AvgIpc) is 2.79. The Morgan fingerprint density at radius 3 is 2.65 bits per heavy atom. The Balaban J connectivity index is 2.31. The van der Waals surface area contributed by atoms with Crippen molar-refractivity contribution in [3.05, 3.63) is 46.6 Å². The van der Waals surface area contributed by atoms with Crippen LogP contribution in [0, 0.1) is 19.7 Å². The number of ether oxygens (including phenoxy) is 1. The summed E-state index contributed by atoms with van der Waals surface area (Å²) in [5.41, 5.74) is 1.87. The zero-order chi connectivity index (χ0) is 17.1. The molecule has 124 valence electrons. The molecule has 7 heteroatoms. The second-order valence-electron chi connectivity index (χ2n) is 5.35. The van der Waals surface area contributed by atoms with Gasteiger partial charge < -0.3 is 14.4 Å². The highest BCUT2D eigenvalue weighted by Crippen LogP contribution is 2.27. The van der Waals surface area contributed by atoms with Crippen molar-refractivity contribution in [3.63, 3.8) is 0 Å². The van der Waals surface area contributed by atoms with E-state index in [0.717, 1.165) is 5.56 Å². The van der Waals surface area contributed by atoms with Crippen LogP contribution in [0.2, 0.25) is 0 Å². The molecule has 0 amide bonds. The minimum atomic E-state index is -1.07. The number of likely N-dealkylation sites (N-methyl/N-ethyl adjacent to an activating group) is 1. The summed E-state index contributed by atoms with van der Waals surface area (Å²) < 4.78 is 23.8. The normalized spacial score (nSPS) is 12.4. The van der Waals surface area contributed by atoms with Crippen LogP contribution in [0.15, 0.2) is 22.7 Å². The van der Waals surface area contributed by atoms with Crippen molar-refractivity contribution in [1.29, 1.82) is 0 Å². The van der Waals surface area contributed by atoms with E-state index in [1.165, 1.54) is 19.2 Å². The molecule has 23 heavy (non-hydrogen) atoms. The van der Waals surface area contributed by atoms with Crippen LogP contribution in [0.1, 0.15) is 28.6 Å². The highest BCUT2D eigenvalue weighted by molar-refractivity contribution is 5.75. The fraction of sp³-hybridized carbons (Fsp3) is 0.375. The molecule has 0 bridgehead atoms. The Hall–Kier alpha value is -2.41. The first-order chi connectivity index (χ1) is 10.8. The van der Waals surface area contributed by atoms with Crippen LogP contribution in [0.3, 0.4) is 0 Å². The molecule has 1 atom stereocenters. The summed E-state index contributed by atoms with van der Waals surface area (Å²) in [7, 11) is 3.02. The monoisotopic (exact) mass is 322 g/mol. The first kappa shape index (κ1) is 17.0. The topological polar surface area (TPSA) is 75.8 Å². The molecule has 1 N–H and O–H groups in total. The van der Waals surface area contributed by atoms with Gasteiger partial charge in [0.25, 0.3) is 0 Å². The van der Waals surface area contributed by atoms with Crippen LogP contribution in [0.5, 0.6) is 5.75 Å². The zero-order valence-corrected chi connectivity index (χ0v) is 13.5. The molecule has 2 aromatic rings. The van der Waals surface area contributed by atoms with E-state index >= 15 is 0 Å². The molecule has 0 aliphatic heterocycles. The number of hydrogen-bond acceptors (Lipinski definition) is 5. The Morgan fingerprint density at radius 1 is 1.48 bits per heavy atom. The Morgan fingerprint density at radius 2 is 2.17 bits per heavy atom. The number of aryl methyl sites for hydroxylation is 2. The van der Waals surface area contributed by atoms with E-state index in [1.54, 1.807) is 31.9 Å². The lowest BCUT2D eigenvalue weighted by Gasteiger charge is -2.25. The van der Waals surface area contributed by atoms with Crippen molar-refractivity contribution in [3.8, 4) is 5.75 Å². The molecule has 0 radical (unpaired) electrons. The van der Waals surface area contributed by atoms with Crippen LogP contribution in [-0.4, -0.2) is 35.3 Å². The number of benzene rings is 1. The number of halogens is 1. The van der Waals surface area contributed by atoms with E-state index in [2.05, 4.69) is 5.16 Å². The van der Waals surface area contributed by atoms with Crippen molar-refractivity contribution in [2.45, 2.75) is 26.4 Å². The maximum absolute atomic E-state index is 13.9. The lowest BCUT2D eigenvalue weighted by atomic mass is 10.0. The molecule has 1 unspecified atom stereocenters. The molecule has 0 saturated heterocycles. The lowest BCUT2D eigenvalue weighted by Crippen LogP contribution is -2.30. The fourth-order valence-electron chi connectivity index (χ4n) is 2.51. The quantitative estimate of drug-likeness (QED) is 0.881. The van der Waals surface area contributed by atoms with E-state index in [0.29, 0.717) is 23.6 Å². The number of methoxy groups -OCH3 is 1. The van der Waals surface area contributed by atoms with Crippen molar-refractivity contribution in [2.75, 3.05) is 14.2 Å². The summed E-state index contributed by atoms with van der Waals surface area (Å²) in [6, 6.07) is 3.15. The smallest absolute Gasteiger partial charge is 0.325 e. The van der Waals surface area contributed by atoms with Gasteiger partial charge in [0.05, 0.1) is 12.8 Å². The number of carbonyl (C=O) groups is 1. The SMILES string of the molecule is COc1ccc(C(C(=O)O)N(C)Cc2c(C)noc2C)cc1F. The summed E-state index contributed by atoms with van der Waals surface area (Å²) in [5.74, 6) is -0.948. The van der Waals surface area contributed by atoms with Gasteiger partial charge in [-0.15, -0.1) is 0 Å². The van der Waals surface area contributed by atoms with Crippen LogP contribution in [-0.2, 0) is 11.3 Å². The minimum absolute atomic E-state index is 0.0752. The molecule has 0 saturated carbocycles. The standard InChI is InChI=1S/C16H19FN2O4/c1-9-12(10(2)23-18-9)8-19(3)15(16(20)21)11-5-6-14(22-4)13(17)7-11/h5-7,15H,8H2,1-4H3,(H,20,21). The minimum Gasteiger partial charge on any atom is -0.494 e. The first-order valence-electron chi connectivity index (χ1n) is 7.03. The van der Waals surface area contributed by atoms with Crippen LogP contribution < -0.4 is 4.74 Å². The van der Waals surface area contributed by atoms with Gasteiger partial charge in [-0.1, -0.05) is 11.2 Å². The number of rotatable bonds is 6. The summed E-state index contributed by atoms with van der Waals surface area (Å²) >= 11 is 0. The summed E-state index contributed by atoms with van der Waals surface area (Å²) in [6.45, 7) is 3.89. The van der Waals surface area contributed by atoms with Gasteiger partial charge in [0.1, 0.15) is 11.8 Å². The predicted molar refractivity (Wildman–Crippen MR) is 80.8 cm³/mol. The molecule has 2 rings (SSSR count). The van der Waals surface area contributed by atoms with Crippen LogP contribution >= 0.6 is 0 Å². The van der Waals surface area contributed by atoms with E-state index in [-0.39, 0.29) is 5.75 Å². The van der Waals surface area contributed by atoms with Crippen LogP contribution in [0.25, 0.3) is 0 Å². The molecule has 0 aliphatic rings. The molecular formula is C16H19FN2O4. The molecule has 0 aliphatic carbocycles. The summed E-state index contributed by atoms with van der Waals surface area (Å²) in [4.78, 5) is 13.3. The highest BCUT2D eigenvalue weighted by Gasteiger charge is 2.27. The molecule has 1 aromatic heterocycles. The third-order valence-electron chi connectivity index (χ3n) is 3.76. The van der Waals surface area contributed by atoms with Gasteiger partial charge in [0, 0.05) is 12.1 Å². The van der Waals surface area contributed by atoms with Gasteiger partial charge in [-0.3, -0.25) is 9.69 Å². The number of hydrogen-bond donors (Lipinski definition) is 1. The number of aliphatic carboxylic acids is 1. The lowest BCUT2D eigenvalue weighted by molar-refractivity contribution is -0.143. The van der Waals surface area contributed by atoms with Gasteiger partial charge in [-0.25, -0.2) is 4.39 Å². The summed E-state index contributed by atoms with van der Waals surface area (Å²) in [6.07, 6.45) is 0. The van der Waals surface area contributed by atoms with E-state index < -0.39 is 17.8 Å². The largest absolute Gasteiger partial charge is 0.494 e. The fourth-order valence-corrected chi connectivity index (χ4v) is 2.51. The Bertz CT molecular complexity index is 695. The number of aromatic nitrogens is 1. The number of carboxylic acids is 1. The van der Waals surface area contributed by atoms with Gasteiger partial charge in [-0.05, 0) is 38.6 Å². The molecule has 0 fully saturated rings. The van der Waals surface area contributed by atoms with Gasteiger partial charge in [0.15, 0.2) is 11.6 Å². The number of nitrogens with zero attached hydrogens (tertiary/aromatic N) is 2. The van der Waals surface area contributed by atoms with E-state index in [4.69, 9.17) is 9.26 Å². The highest BCUT2D eigenvalue weighted by atomic mass is 19.1. The Labute approximate surface area is 133 Å². The number of carboxylic acid groups (broad SMARTS) is 1. The molecule has 6 nitrogen and oxygen atoms in total. The molecule has 1 heterocycles. The third-order valence-corrected chi connectivity index (χ3v) is 3.76. The third kappa shape index (κ3) is 3.50. The first-order valence-corrected chi connectivity index (χ1v) is 7.03. The van der Waals surface area contributed by atoms with Crippen molar-refractivity contribution in [2.24, 2.45) is 0 Å². The molecular weight excluding hydrogens is 303 g/mol. The second kappa shape index (κ2) is 6.78. The Kier molecular flexibility index (Phi) is 5.00. The van der Waals surface area contributed by atoms with Crippen molar-refractivity contribution in [1.82, 2.24) is 10.1 Å². The van der Waals surface area contributed by atoms with Gasteiger partial charge in [-0.2, -0.15) is 0 Å². The van der Waals surface area contributed by atoms with Gasteiger partial charge in [0.2, 0.25) is 0 Å². The van der Waals surface area contributed by atoms with Gasteiger partial charge >= 0.3 is 5.97 Å². The van der Waals surface area contributed by atoms with Crippen molar-refractivity contribution < 1.29 is 23.6 Å².